The molecule has 0 saturated heterocycles. The van der Waals surface area contributed by atoms with Gasteiger partial charge >= 0.3 is 0 Å². The van der Waals surface area contributed by atoms with Crippen molar-refractivity contribution in [3.8, 4) is 0 Å². The van der Waals surface area contributed by atoms with Crippen LogP contribution in [0.2, 0.25) is 0 Å². The first-order valence-electron chi connectivity index (χ1n) is 7.71. The fourth-order valence-electron chi connectivity index (χ4n) is 2.29. The van der Waals surface area contributed by atoms with Crippen LogP contribution >= 0.6 is 0 Å². The first-order valence-corrected chi connectivity index (χ1v) is 7.71. The van der Waals surface area contributed by atoms with Gasteiger partial charge in [-0.1, -0.05) is 52.0 Å². The molecule has 0 fully saturated rings. The van der Waals surface area contributed by atoms with Gasteiger partial charge in [-0.2, -0.15) is 0 Å². The van der Waals surface area contributed by atoms with Crippen LogP contribution in [0.25, 0.3) is 0 Å². The van der Waals surface area contributed by atoms with E-state index in [2.05, 4.69) is 45.0 Å². The van der Waals surface area contributed by atoms with Crippen molar-refractivity contribution < 1.29 is 9.53 Å². The molecule has 0 aromatic heterocycles. The lowest BCUT2D eigenvalue weighted by Gasteiger charge is -2.13. The summed E-state index contributed by atoms with van der Waals surface area (Å²) >= 11 is 0. The number of ether oxygens (including phenoxy) is 1. The zero-order valence-electron chi connectivity index (χ0n) is 13.3. The van der Waals surface area contributed by atoms with Crippen LogP contribution in [0.3, 0.4) is 0 Å². The van der Waals surface area contributed by atoms with Gasteiger partial charge in [-0.05, 0) is 36.3 Å². The standard InChI is InChI=1S/C18H28O2/c1-5-16-6-8-17(9-7-16)10-11-20-13-18(19)15(4)12-14(2)3/h6-9,14-15H,5,10-13H2,1-4H3/t15-/m1/s1. The summed E-state index contributed by atoms with van der Waals surface area (Å²) in [6, 6.07) is 8.60. The van der Waals surface area contributed by atoms with Crippen LogP contribution in [-0.2, 0) is 22.4 Å². The second-order valence-corrected chi connectivity index (χ2v) is 5.97. The summed E-state index contributed by atoms with van der Waals surface area (Å²) in [6.45, 7) is 9.30. The Bertz CT molecular complexity index is 392. The van der Waals surface area contributed by atoms with Crippen molar-refractivity contribution in [2.45, 2.75) is 47.0 Å². The molecule has 0 aliphatic rings. The van der Waals surface area contributed by atoms with E-state index >= 15 is 0 Å². The largest absolute Gasteiger partial charge is 0.373 e. The number of hydrogen-bond donors (Lipinski definition) is 0. The average Bonchev–Trinajstić information content (AvgIpc) is 2.43. The normalized spacial score (nSPS) is 12.7. The molecule has 0 amide bonds. The molecule has 0 bridgehead atoms. The second kappa shape index (κ2) is 8.91. The molecular weight excluding hydrogens is 248 g/mol. The van der Waals surface area contributed by atoms with Gasteiger partial charge in [0.25, 0.3) is 0 Å². The molecule has 0 spiro atoms. The van der Waals surface area contributed by atoms with Gasteiger partial charge in [-0.3, -0.25) is 4.79 Å². The molecule has 0 heterocycles. The summed E-state index contributed by atoms with van der Waals surface area (Å²) in [7, 11) is 0. The highest BCUT2D eigenvalue weighted by molar-refractivity contribution is 5.81. The Morgan fingerprint density at radius 3 is 2.25 bits per heavy atom. The maximum Gasteiger partial charge on any atom is 0.161 e. The van der Waals surface area contributed by atoms with Crippen molar-refractivity contribution in [1.82, 2.24) is 0 Å². The number of benzene rings is 1. The van der Waals surface area contributed by atoms with Gasteiger partial charge in [0.15, 0.2) is 5.78 Å². The summed E-state index contributed by atoms with van der Waals surface area (Å²) in [5, 5.41) is 0. The minimum atomic E-state index is 0.110. The molecule has 2 heteroatoms. The van der Waals surface area contributed by atoms with E-state index < -0.39 is 0 Å². The Morgan fingerprint density at radius 1 is 1.10 bits per heavy atom. The molecule has 20 heavy (non-hydrogen) atoms. The fourth-order valence-corrected chi connectivity index (χ4v) is 2.29. The predicted molar refractivity (Wildman–Crippen MR) is 84.0 cm³/mol. The molecule has 0 N–H and O–H groups in total. The summed E-state index contributed by atoms with van der Waals surface area (Å²) < 4.78 is 5.51. The molecule has 0 radical (unpaired) electrons. The number of carbonyl (C=O) groups excluding carboxylic acids is 1. The third-order valence-corrected chi connectivity index (χ3v) is 3.59. The van der Waals surface area contributed by atoms with Gasteiger partial charge in [0, 0.05) is 5.92 Å². The Balaban J connectivity index is 2.22. The van der Waals surface area contributed by atoms with Crippen LogP contribution in [0.1, 0.15) is 45.2 Å². The summed E-state index contributed by atoms with van der Waals surface area (Å²) in [6.07, 6.45) is 2.88. The van der Waals surface area contributed by atoms with Crippen molar-refractivity contribution >= 4 is 5.78 Å². The van der Waals surface area contributed by atoms with Gasteiger partial charge < -0.3 is 4.74 Å². The van der Waals surface area contributed by atoms with Crippen LogP contribution < -0.4 is 0 Å². The van der Waals surface area contributed by atoms with Gasteiger partial charge in [0.05, 0.1) is 6.61 Å². The molecule has 0 saturated carbocycles. The van der Waals surface area contributed by atoms with Crippen molar-refractivity contribution in [1.29, 1.82) is 0 Å². The summed E-state index contributed by atoms with van der Waals surface area (Å²) in [5.74, 6) is 0.893. The first-order chi connectivity index (χ1) is 9.52. The van der Waals surface area contributed by atoms with Gasteiger partial charge in [-0.25, -0.2) is 0 Å². The van der Waals surface area contributed by atoms with E-state index in [-0.39, 0.29) is 18.3 Å². The van der Waals surface area contributed by atoms with Gasteiger partial charge in [0.2, 0.25) is 0 Å². The molecule has 0 unspecified atom stereocenters. The summed E-state index contributed by atoms with van der Waals surface area (Å²) in [4.78, 5) is 11.8. The number of ketones is 1. The molecule has 2 nitrogen and oxygen atoms in total. The highest BCUT2D eigenvalue weighted by atomic mass is 16.5. The van der Waals surface area contributed by atoms with E-state index in [1.54, 1.807) is 0 Å². The molecule has 1 atom stereocenters. The Kier molecular flexibility index (Phi) is 7.53. The first kappa shape index (κ1) is 16.9. The van der Waals surface area contributed by atoms with Gasteiger partial charge in [-0.15, -0.1) is 0 Å². The second-order valence-electron chi connectivity index (χ2n) is 5.97. The Labute approximate surface area is 123 Å². The third-order valence-electron chi connectivity index (χ3n) is 3.59. The number of aryl methyl sites for hydroxylation is 1. The number of rotatable bonds is 9. The molecule has 1 rings (SSSR count). The van der Waals surface area contributed by atoms with E-state index in [4.69, 9.17) is 4.74 Å². The number of Topliss-reactive ketones (excluding diaryl/α,β-unsaturated/α-hetero) is 1. The predicted octanol–water partition coefficient (Wildman–Crippen LogP) is 4.06. The summed E-state index contributed by atoms with van der Waals surface area (Å²) in [5.41, 5.74) is 2.62. The molecule has 0 aliphatic carbocycles. The minimum Gasteiger partial charge on any atom is -0.373 e. The molecule has 1 aromatic rings. The van der Waals surface area contributed by atoms with E-state index in [0.29, 0.717) is 12.5 Å². The monoisotopic (exact) mass is 276 g/mol. The highest BCUT2D eigenvalue weighted by Crippen LogP contribution is 2.12. The molecule has 0 aliphatic heterocycles. The minimum absolute atomic E-state index is 0.110. The van der Waals surface area contributed by atoms with Crippen molar-refractivity contribution in [2.24, 2.45) is 11.8 Å². The zero-order chi connectivity index (χ0) is 15.0. The van der Waals surface area contributed by atoms with Crippen molar-refractivity contribution in [3.63, 3.8) is 0 Å². The topological polar surface area (TPSA) is 26.3 Å². The zero-order valence-corrected chi connectivity index (χ0v) is 13.3. The number of hydrogen-bond acceptors (Lipinski definition) is 2. The quantitative estimate of drug-likeness (QED) is 0.636. The van der Waals surface area contributed by atoms with Gasteiger partial charge in [0.1, 0.15) is 6.61 Å². The third kappa shape index (κ3) is 6.33. The van der Waals surface area contributed by atoms with E-state index in [1.807, 2.05) is 6.92 Å². The van der Waals surface area contributed by atoms with Crippen LogP contribution in [0, 0.1) is 11.8 Å². The molecule has 1 aromatic carbocycles. The SMILES string of the molecule is CCc1ccc(CCOCC(=O)[C@H](C)CC(C)C)cc1. The highest BCUT2D eigenvalue weighted by Gasteiger charge is 2.14. The smallest absolute Gasteiger partial charge is 0.161 e. The van der Waals surface area contributed by atoms with Crippen molar-refractivity contribution in [2.75, 3.05) is 13.2 Å². The van der Waals surface area contributed by atoms with E-state index in [9.17, 15) is 4.79 Å². The average molecular weight is 276 g/mol. The van der Waals surface area contributed by atoms with Crippen molar-refractivity contribution in [3.05, 3.63) is 35.4 Å². The lowest BCUT2D eigenvalue weighted by molar-refractivity contribution is -0.127. The lowest BCUT2D eigenvalue weighted by atomic mass is 9.95. The van der Waals surface area contributed by atoms with E-state index in [1.165, 1.54) is 11.1 Å². The Hall–Kier alpha value is -1.15. The van der Waals surface area contributed by atoms with Crippen LogP contribution in [-0.4, -0.2) is 19.0 Å². The maximum atomic E-state index is 11.8. The van der Waals surface area contributed by atoms with E-state index in [0.717, 1.165) is 19.3 Å². The van der Waals surface area contributed by atoms with Crippen LogP contribution in [0.15, 0.2) is 24.3 Å². The van der Waals surface area contributed by atoms with Crippen LogP contribution in [0.5, 0.6) is 0 Å². The molecular formula is C18H28O2. The maximum absolute atomic E-state index is 11.8. The molecule has 112 valence electrons. The fraction of sp³-hybridized carbons (Fsp3) is 0.611. The lowest BCUT2D eigenvalue weighted by Crippen LogP contribution is -2.19. The Morgan fingerprint density at radius 2 is 1.70 bits per heavy atom. The van der Waals surface area contributed by atoms with Crippen LogP contribution in [0.4, 0.5) is 0 Å². The number of carbonyl (C=O) groups is 1.